The summed E-state index contributed by atoms with van der Waals surface area (Å²) >= 11 is 7.94. The smallest absolute Gasteiger partial charge is 0.224 e. The van der Waals surface area contributed by atoms with E-state index in [1.165, 1.54) is 0 Å². The fourth-order valence-corrected chi connectivity index (χ4v) is 3.67. The molecule has 1 heterocycles. The van der Waals surface area contributed by atoms with E-state index in [9.17, 15) is 4.79 Å². The largest absolute Gasteiger partial charge is 0.325 e. The number of thioether (sulfide) groups is 1. The topological polar surface area (TPSA) is 55.1 Å². The third-order valence-corrected chi connectivity index (χ3v) is 4.68. The second kappa shape index (κ2) is 8.33. The van der Waals surface area contributed by atoms with Crippen molar-refractivity contribution < 1.29 is 4.79 Å². The molecular formula is C16H19ClN2OS. The molecule has 0 aliphatic carbocycles. The first kappa shape index (κ1) is 16.2. The zero-order valence-corrected chi connectivity index (χ0v) is 13.4. The zero-order chi connectivity index (χ0) is 15.1. The summed E-state index contributed by atoms with van der Waals surface area (Å²) in [6.45, 7) is 0.277. The van der Waals surface area contributed by atoms with Crippen molar-refractivity contribution in [3.8, 4) is 11.8 Å². The van der Waals surface area contributed by atoms with Crippen LogP contribution in [0.2, 0.25) is 5.02 Å². The van der Waals surface area contributed by atoms with Crippen molar-refractivity contribution in [1.82, 2.24) is 0 Å². The maximum absolute atomic E-state index is 12.2. The summed E-state index contributed by atoms with van der Waals surface area (Å²) in [7, 11) is 0. The van der Waals surface area contributed by atoms with Gasteiger partial charge in [0, 0.05) is 17.0 Å². The fraction of sp³-hybridized carbons (Fsp3) is 0.438. The third-order valence-electron chi connectivity index (χ3n) is 3.40. The van der Waals surface area contributed by atoms with Gasteiger partial charge >= 0.3 is 0 Å². The van der Waals surface area contributed by atoms with E-state index in [1.54, 1.807) is 18.2 Å². The third kappa shape index (κ3) is 5.28. The van der Waals surface area contributed by atoms with Gasteiger partial charge in [-0.1, -0.05) is 23.4 Å². The van der Waals surface area contributed by atoms with Crippen LogP contribution in [0, 0.1) is 17.8 Å². The SMILES string of the molecule is NCC#Cc1cc(Cl)ccc1NC(=O)CC1CCSCC1. The monoisotopic (exact) mass is 322 g/mol. The van der Waals surface area contributed by atoms with Crippen LogP contribution in [0.5, 0.6) is 0 Å². The van der Waals surface area contributed by atoms with E-state index in [1.807, 2.05) is 11.8 Å². The van der Waals surface area contributed by atoms with E-state index in [-0.39, 0.29) is 12.5 Å². The molecule has 1 fully saturated rings. The van der Waals surface area contributed by atoms with Crippen LogP contribution in [0.15, 0.2) is 18.2 Å². The Morgan fingerprint density at radius 3 is 2.90 bits per heavy atom. The van der Waals surface area contributed by atoms with E-state index in [2.05, 4.69) is 17.2 Å². The summed E-state index contributed by atoms with van der Waals surface area (Å²) in [6.07, 6.45) is 2.82. The van der Waals surface area contributed by atoms with Crippen LogP contribution in [0.3, 0.4) is 0 Å². The maximum atomic E-state index is 12.2. The Bertz CT molecular complexity index is 559. The van der Waals surface area contributed by atoms with Gasteiger partial charge in [0.1, 0.15) is 0 Å². The molecule has 1 amide bonds. The summed E-state index contributed by atoms with van der Waals surface area (Å²) in [5, 5.41) is 3.54. The molecule has 0 saturated carbocycles. The van der Waals surface area contributed by atoms with Crippen LogP contribution in [0.25, 0.3) is 0 Å². The van der Waals surface area contributed by atoms with Gasteiger partial charge in [0.15, 0.2) is 0 Å². The van der Waals surface area contributed by atoms with Gasteiger partial charge in [0.25, 0.3) is 0 Å². The second-order valence-corrected chi connectivity index (χ2v) is 6.67. The highest BCUT2D eigenvalue weighted by molar-refractivity contribution is 7.99. The highest BCUT2D eigenvalue weighted by Crippen LogP contribution is 2.26. The lowest BCUT2D eigenvalue weighted by Gasteiger charge is -2.20. The summed E-state index contributed by atoms with van der Waals surface area (Å²) in [6, 6.07) is 5.29. The first-order valence-electron chi connectivity index (χ1n) is 7.05. The average Bonchev–Trinajstić information content (AvgIpc) is 2.48. The molecule has 0 unspecified atom stereocenters. The molecule has 112 valence electrons. The number of hydrogen-bond acceptors (Lipinski definition) is 3. The molecule has 0 aromatic heterocycles. The van der Waals surface area contributed by atoms with Gasteiger partial charge in [-0.05, 0) is 48.5 Å². The van der Waals surface area contributed by atoms with Crippen LogP contribution in [0.1, 0.15) is 24.8 Å². The summed E-state index contributed by atoms with van der Waals surface area (Å²) < 4.78 is 0. The average molecular weight is 323 g/mol. The van der Waals surface area contributed by atoms with Crippen molar-refractivity contribution in [2.24, 2.45) is 11.7 Å². The van der Waals surface area contributed by atoms with Crippen molar-refractivity contribution in [3.63, 3.8) is 0 Å². The fourth-order valence-electron chi connectivity index (χ4n) is 2.29. The predicted molar refractivity (Wildman–Crippen MR) is 90.7 cm³/mol. The number of halogens is 1. The van der Waals surface area contributed by atoms with Crippen molar-refractivity contribution in [2.75, 3.05) is 23.4 Å². The van der Waals surface area contributed by atoms with Gasteiger partial charge in [0.2, 0.25) is 5.91 Å². The Morgan fingerprint density at radius 1 is 1.43 bits per heavy atom. The van der Waals surface area contributed by atoms with Gasteiger partial charge < -0.3 is 11.1 Å². The molecule has 0 spiro atoms. The Morgan fingerprint density at radius 2 is 2.19 bits per heavy atom. The first-order valence-corrected chi connectivity index (χ1v) is 8.58. The minimum Gasteiger partial charge on any atom is -0.325 e. The molecule has 0 radical (unpaired) electrons. The minimum absolute atomic E-state index is 0.0463. The lowest BCUT2D eigenvalue weighted by molar-refractivity contribution is -0.117. The molecule has 1 saturated heterocycles. The van der Waals surface area contributed by atoms with E-state index in [4.69, 9.17) is 17.3 Å². The highest BCUT2D eigenvalue weighted by atomic mass is 35.5. The van der Waals surface area contributed by atoms with Crippen LogP contribution in [0.4, 0.5) is 5.69 Å². The maximum Gasteiger partial charge on any atom is 0.224 e. The molecule has 21 heavy (non-hydrogen) atoms. The molecule has 0 atom stereocenters. The Hall–Kier alpha value is -1.15. The van der Waals surface area contributed by atoms with E-state index >= 15 is 0 Å². The number of rotatable bonds is 3. The zero-order valence-electron chi connectivity index (χ0n) is 11.8. The van der Waals surface area contributed by atoms with Crippen molar-refractivity contribution in [2.45, 2.75) is 19.3 Å². The summed E-state index contributed by atoms with van der Waals surface area (Å²) in [5.74, 6) is 8.60. The molecular weight excluding hydrogens is 304 g/mol. The van der Waals surface area contributed by atoms with Crippen LogP contribution < -0.4 is 11.1 Å². The van der Waals surface area contributed by atoms with Gasteiger partial charge in [-0.2, -0.15) is 11.8 Å². The quantitative estimate of drug-likeness (QED) is 0.841. The Kier molecular flexibility index (Phi) is 6.44. The van der Waals surface area contributed by atoms with Gasteiger partial charge in [-0.3, -0.25) is 4.79 Å². The second-order valence-electron chi connectivity index (χ2n) is 5.00. The molecule has 1 aliphatic rings. The van der Waals surface area contributed by atoms with Crippen LogP contribution in [-0.4, -0.2) is 24.0 Å². The van der Waals surface area contributed by atoms with Crippen molar-refractivity contribution in [1.29, 1.82) is 0 Å². The molecule has 1 aromatic carbocycles. The molecule has 3 nitrogen and oxygen atoms in total. The summed E-state index contributed by atoms with van der Waals surface area (Å²) in [4.78, 5) is 12.2. The normalized spacial score (nSPS) is 15.1. The molecule has 3 N–H and O–H groups in total. The minimum atomic E-state index is 0.0463. The van der Waals surface area contributed by atoms with E-state index in [0.717, 1.165) is 24.3 Å². The van der Waals surface area contributed by atoms with Gasteiger partial charge in [-0.15, -0.1) is 0 Å². The first-order chi connectivity index (χ1) is 10.2. The highest BCUT2D eigenvalue weighted by Gasteiger charge is 2.17. The van der Waals surface area contributed by atoms with E-state index < -0.39 is 0 Å². The number of amides is 1. The van der Waals surface area contributed by atoms with E-state index in [0.29, 0.717) is 28.6 Å². The van der Waals surface area contributed by atoms with Crippen molar-refractivity contribution >= 4 is 35.0 Å². The number of hydrogen-bond donors (Lipinski definition) is 2. The number of nitrogens with one attached hydrogen (secondary N) is 1. The van der Waals surface area contributed by atoms with Crippen LogP contribution in [-0.2, 0) is 4.79 Å². The Labute approximate surface area is 135 Å². The number of nitrogens with two attached hydrogens (primary N) is 1. The molecule has 5 heteroatoms. The number of carbonyl (C=O) groups excluding carboxylic acids is 1. The lowest BCUT2D eigenvalue weighted by Crippen LogP contribution is -2.20. The molecule has 0 bridgehead atoms. The molecule has 1 aromatic rings. The number of benzene rings is 1. The molecule has 1 aliphatic heterocycles. The van der Waals surface area contributed by atoms with Crippen LogP contribution >= 0.6 is 23.4 Å². The number of carbonyl (C=O) groups is 1. The number of anilines is 1. The van der Waals surface area contributed by atoms with Gasteiger partial charge in [-0.25, -0.2) is 0 Å². The molecule has 2 rings (SSSR count). The predicted octanol–water partition coefficient (Wildman–Crippen LogP) is 3.12. The van der Waals surface area contributed by atoms with Gasteiger partial charge in [0.05, 0.1) is 12.2 Å². The Balaban J connectivity index is 2.02. The standard InChI is InChI=1S/C16H19ClN2OS/c17-14-3-4-15(13(11-14)2-1-7-18)19-16(20)10-12-5-8-21-9-6-12/h3-4,11-12H,5-10,18H2,(H,19,20). The summed E-state index contributed by atoms with van der Waals surface area (Å²) in [5.41, 5.74) is 6.81. The van der Waals surface area contributed by atoms with Crippen molar-refractivity contribution in [3.05, 3.63) is 28.8 Å². The lowest BCUT2D eigenvalue weighted by atomic mass is 9.98.